The number of benzene rings is 1. The first-order chi connectivity index (χ1) is 14.0. The van der Waals surface area contributed by atoms with Crippen molar-refractivity contribution < 1.29 is 4.79 Å². The number of carbonyl (C=O) groups is 1. The van der Waals surface area contributed by atoms with Crippen LogP contribution in [-0.2, 0) is 11.2 Å². The molecular formula is C23H38IN5O. The van der Waals surface area contributed by atoms with Crippen molar-refractivity contribution in [3.05, 3.63) is 34.9 Å². The van der Waals surface area contributed by atoms with Gasteiger partial charge in [-0.25, -0.2) is 0 Å². The Labute approximate surface area is 199 Å². The highest BCUT2D eigenvalue weighted by Gasteiger charge is 2.30. The Morgan fingerprint density at radius 3 is 2.17 bits per heavy atom. The lowest BCUT2D eigenvalue weighted by molar-refractivity contribution is -0.135. The lowest BCUT2D eigenvalue weighted by Gasteiger charge is -2.39. The van der Waals surface area contributed by atoms with Crippen LogP contribution < -0.4 is 5.32 Å². The third-order valence-electron chi connectivity index (χ3n) is 6.13. The molecule has 2 saturated heterocycles. The van der Waals surface area contributed by atoms with Gasteiger partial charge in [0.2, 0.25) is 5.91 Å². The van der Waals surface area contributed by atoms with Gasteiger partial charge in [-0.15, -0.1) is 24.0 Å². The summed E-state index contributed by atoms with van der Waals surface area (Å²) >= 11 is 0. The highest BCUT2D eigenvalue weighted by molar-refractivity contribution is 14.0. The van der Waals surface area contributed by atoms with E-state index in [4.69, 9.17) is 0 Å². The Morgan fingerprint density at radius 1 is 1.00 bits per heavy atom. The first-order valence-corrected chi connectivity index (χ1v) is 11.0. The van der Waals surface area contributed by atoms with Crippen LogP contribution in [0.15, 0.2) is 23.2 Å². The lowest BCUT2D eigenvalue weighted by atomic mass is 10.1. The number of hydrogen-bond donors (Lipinski definition) is 1. The van der Waals surface area contributed by atoms with Crippen molar-refractivity contribution in [1.29, 1.82) is 0 Å². The Bertz CT molecular complexity index is 704. The molecule has 0 aliphatic carbocycles. The molecule has 0 spiro atoms. The predicted octanol–water partition coefficient (Wildman–Crippen LogP) is 2.67. The molecule has 1 aromatic carbocycles. The molecule has 3 rings (SSSR count). The van der Waals surface area contributed by atoms with Crippen LogP contribution in [0.4, 0.5) is 0 Å². The summed E-state index contributed by atoms with van der Waals surface area (Å²) in [5, 5.41) is 3.52. The third kappa shape index (κ3) is 6.57. The zero-order chi connectivity index (χ0) is 20.8. The van der Waals surface area contributed by atoms with Crippen LogP contribution in [0, 0.1) is 13.8 Å². The molecule has 1 unspecified atom stereocenters. The summed E-state index contributed by atoms with van der Waals surface area (Å²) in [4.78, 5) is 23.8. The fourth-order valence-corrected chi connectivity index (χ4v) is 4.54. The van der Waals surface area contributed by atoms with Crippen molar-refractivity contribution in [2.24, 2.45) is 4.99 Å². The van der Waals surface area contributed by atoms with Gasteiger partial charge in [0.1, 0.15) is 0 Å². The summed E-state index contributed by atoms with van der Waals surface area (Å²) in [5.74, 6) is 1.26. The van der Waals surface area contributed by atoms with E-state index in [-0.39, 0.29) is 30.0 Å². The molecule has 1 amide bonds. The maximum atomic E-state index is 12.7. The molecular weight excluding hydrogens is 489 g/mol. The molecule has 2 aliphatic rings. The van der Waals surface area contributed by atoms with E-state index in [1.807, 2.05) is 11.9 Å². The monoisotopic (exact) mass is 527 g/mol. The summed E-state index contributed by atoms with van der Waals surface area (Å²) in [6.07, 6.45) is 3.29. The van der Waals surface area contributed by atoms with Crippen LogP contribution in [0.1, 0.15) is 36.5 Å². The second kappa shape index (κ2) is 11.9. The SMILES string of the molecule is CN=C(NCCc1cc(C)cc(C)c1)N1CCN(C(C)C(=O)N2CCCC2)CC1.I. The van der Waals surface area contributed by atoms with Gasteiger partial charge < -0.3 is 15.1 Å². The molecule has 0 aromatic heterocycles. The average molecular weight is 527 g/mol. The number of likely N-dealkylation sites (tertiary alicyclic amines) is 1. The molecule has 0 saturated carbocycles. The number of aryl methyl sites for hydroxylation is 2. The van der Waals surface area contributed by atoms with Gasteiger partial charge in [-0.1, -0.05) is 29.3 Å². The number of nitrogens with one attached hydrogen (secondary N) is 1. The number of hydrogen-bond acceptors (Lipinski definition) is 3. The summed E-state index contributed by atoms with van der Waals surface area (Å²) in [5.41, 5.74) is 4.00. The van der Waals surface area contributed by atoms with Gasteiger partial charge in [0.25, 0.3) is 0 Å². The fraction of sp³-hybridized carbons (Fsp3) is 0.652. The van der Waals surface area contributed by atoms with Crippen LogP contribution in [-0.4, -0.2) is 85.5 Å². The standard InChI is InChI=1S/C23H37N5O.HI/c1-18-15-19(2)17-21(16-18)7-8-25-23(24-4)28-13-11-26(12-14-28)20(3)22(29)27-9-5-6-10-27;/h15-17,20H,5-14H2,1-4H3,(H,24,25);1H. The van der Waals surface area contributed by atoms with Crippen molar-refractivity contribution in [2.45, 2.75) is 46.1 Å². The van der Waals surface area contributed by atoms with E-state index in [2.05, 4.69) is 59.1 Å². The molecule has 1 atom stereocenters. The Balaban J connectivity index is 0.00000320. The fourth-order valence-electron chi connectivity index (χ4n) is 4.54. The normalized spacial score (nSPS) is 18.9. The van der Waals surface area contributed by atoms with Crippen molar-refractivity contribution in [3.8, 4) is 0 Å². The zero-order valence-corrected chi connectivity index (χ0v) is 21.3. The van der Waals surface area contributed by atoms with Crippen LogP contribution in [0.2, 0.25) is 0 Å². The smallest absolute Gasteiger partial charge is 0.239 e. The van der Waals surface area contributed by atoms with E-state index in [0.29, 0.717) is 5.91 Å². The molecule has 1 N–H and O–H groups in total. The predicted molar refractivity (Wildman–Crippen MR) is 135 cm³/mol. The number of aliphatic imine (C=N–C) groups is 1. The van der Waals surface area contributed by atoms with Crippen LogP contribution in [0.3, 0.4) is 0 Å². The summed E-state index contributed by atoms with van der Waals surface area (Å²) in [6.45, 7) is 12.7. The maximum Gasteiger partial charge on any atom is 0.239 e. The maximum absolute atomic E-state index is 12.7. The van der Waals surface area contributed by atoms with Crippen LogP contribution in [0.5, 0.6) is 0 Å². The van der Waals surface area contributed by atoms with Crippen LogP contribution in [0.25, 0.3) is 0 Å². The zero-order valence-electron chi connectivity index (χ0n) is 19.0. The first kappa shape index (κ1) is 24.9. The Hall–Kier alpha value is -1.35. The van der Waals surface area contributed by atoms with Crippen LogP contribution >= 0.6 is 24.0 Å². The summed E-state index contributed by atoms with van der Waals surface area (Å²) in [7, 11) is 1.85. The number of rotatable bonds is 5. The van der Waals surface area contributed by atoms with Gasteiger partial charge in [0.05, 0.1) is 6.04 Å². The molecule has 0 radical (unpaired) electrons. The van der Waals surface area contributed by atoms with Crippen molar-refractivity contribution >= 4 is 35.8 Å². The minimum absolute atomic E-state index is 0. The molecule has 0 bridgehead atoms. The number of piperazine rings is 1. The van der Waals surface area contributed by atoms with Gasteiger partial charge in [-0.2, -0.15) is 0 Å². The molecule has 1 aromatic rings. The molecule has 168 valence electrons. The molecule has 30 heavy (non-hydrogen) atoms. The van der Waals surface area contributed by atoms with Gasteiger partial charge in [0.15, 0.2) is 5.96 Å². The Kier molecular flexibility index (Phi) is 9.87. The molecule has 2 heterocycles. The average Bonchev–Trinajstić information content (AvgIpc) is 3.24. The summed E-state index contributed by atoms with van der Waals surface area (Å²) in [6, 6.07) is 6.71. The molecule has 2 aliphatic heterocycles. The highest BCUT2D eigenvalue weighted by Crippen LogP contribution is 2.14. The van der Waals surface area contributed by atoms with E-state index in [0.717, 1.165) is 71.0 Å². The number of nitrogens with zero attached hydrogens (tertiary/aromatic N) is 4. The lowest BCUT2D eigenvalue weighted by Crippen LogP contribution is -2.57. The second-order valence-corrected chi connectivity index (χ2v) is 8.45. The second-order valence-electron chi connectivity index (χ2n) is 8.45. The molecule has 2 fully saturated rings. The van der Waals surface area contributed by atoms with Crippen molar-refractivity contribution in [3.63, 3.8) is 0 Å². The number of guanidine groups is 1. The quantitative estimate of drug-likeness (QED) is 0.364. The van der Waals surface area contributed by atoms with E-state index >= 15 is 0 Å². The number of amides is 1. The minimum atomic E-state index is -0.0187. The van der Waals surface area contributed by atoms with E-state index < -0.39 is 0 Å². The van der Waals surface area contributed by atoms with Gasteiger partial charge in [-0.3, -0.25) is 14.7 Å². The number of carbonyl (C=O) groups excluding carboxylic acids is 1. The largest absolute Gasteiger partial charge is 0.356 e. The minimum Gasteiger partial charge on any atom is -0.356 e. The first-order valence-electron chi connectivity index (χ1n) is 11.0. The number of halogens is 1. The summed E-state index contributed by atoms with van der Waals surface area (Å²) < 4.78 is 0. The van der Waals surface area contributed by atoms with Gasteiger partial charge in [-0.05, 0) is 45.6 Å². The molecule has 7 heteroatoms. The molecule has 6 nitrogen and oxygen atoms in total. The third-order valence-corrected chi connectivity index (χ3v) is 6.13. The Morgan fingerprint density at radius 2 is 1.60 bits per heavy atom. The van der Waals surface area contributed by atoms with Gasteiger partial charge >= 0.3 is 0 Å². The van der Waals surface area contributed by atoms with E-state index in [9.17, 15) is 4.79 Å². The van der Waals surface area contributed by atoms with Crippen molar-refractivity contribution in [2.75, 3.05) is 52.9 Å². The van der Waals surface area contributed by atoms with Gasteiger partial charge in [0, 0.05) is 52.9 Å². The van der Waals surface area contributed by atoms with E-state index in [1.54, 1.807) is 0 Å². The van der Waals surface area contributed by atoms with Crippen molar-refractivity contribution in [1.82, 2.24) is 20.0 Å². The topological polar surface area (TPSA) is 51.2 Å². The highest BCUT2D eigenvalue weighted by atomic mass is 127. The van der Waals surface area contributed by atoms with E-state index in [1.165, 1.54) is 16.7 Å².